The van der Waals surface area contributed by atoms with Crippen LogP contribution < -0.4 is 5.73 Å². The van der Waals surface area contributed by atoms with Gasteiger partial charge in [-0.25, -0.2) is 0 Å². The predicted octanol–water partition coefficient (Wildman–Crippen LogP) is 2.41. The van der Waals surface area contributed by atoms with Gasteiger partial charge in [0.05, 0.1) is 0 Å². The van der Waals surface area contributed by atoms with Crippen molar-refractivity contribution in [2.75, 3.05) is 33.2 Å². The van der Waals surface area contributed by atoms with Gasteiger partial charge in [-0.05, 0) is 57.0 Å². The predicted molar refractivity (Wildman–Crippen MR) is 86.8 cm³/mol. The fourth-order valence-corrected chi connectivity index (χ4v) is 4.10. The highest BCUT2D eigenvalue weighted by Gasteiger charge is 2.39. The molecule has 1 heterocycles. The van der Waals surface area contributed by atoms with Crippen molar-refractivity contribution in [3.05, 3.63) is 0 Å². The highest BCUT2D eigenvalue weighted by Crippen LogP contribution is 2.41. The topological polar surface area (TPSA) is 32.5 Å². The molecule has 2 N–H and O–H groups in total. The van der Waals surface area contributed by atoms with Crippen LogP contribution in [0.4, 0.5) is 0 Å². The molecular weight excluding hydrogens is 246 g/mol. The molecule has 4 unspecified atom stereocenters. The van der Waals surface area contributed by atoms with Crippen molar-refractivity contribution in [3.8, 4) is 0 Å². The van der Waals surface area contributed by atoms with Crippen molar-refractivity contribution in [1.82, 2.24) is 9.80 Å². The summed E-state index contributed by atoms with van der Waals surface area (Å²) in [6, 6.07) is 1.39. The molecule has 0 bridgehead atoms. The molecule has 2 rings (SSSR count). The summed E-state index contributed by atoms with van der Waals surface area (Å²) in [6.45, 7) is 14.1. The van der Waals surface area contributed by atoms with E-state index in [9.17, 15) is 0 Å². The molecule has 1 aliphatic carbocycles. The molecule has 1 saturated carbocycles. The average Bonchev–Trinajstić information content (AvgIpc) is 2.40. The summed E-state index contributed by atoms with van der Waals surface area (Å²) < 4.78 is 0. The molecule has 2 fully saturated rings. The van der Waals surface area contributed by atoms with Crippen LogP contribution in [-0.4, -0.2) is 55.1 Å². The smallest absolute Gasteiger partial charge is 0.0192 e. The molecule has 0 aromatic rings. The second-order valence-corrected chi connectivity index (χ2v) is 8.26. The summed E-state index contributed by atoms with van der Waals surface area (Å²) in [7, 11) is 2.25. The van der Waals surface area contributed by atoms with Gasteiger partial charge in [-0.3, -0.25) is 4.90 Å². The Kier molecular flexibility index (Phi) is 5.14. The van der Waals surface area contributed by atoms with E-state index in [1.54, 1.807) is 0 Å². The maximum atomic E-state index is 6.08. The molecule has 1 aliphatic heterocycles. The fourth-order valence-electron chi connectivity index (χ4n) is 4.10. The second kappa shape index (κ2) is 6.33. The number of nitrogens with zero attached hydrogens (tertiary/aromatic N) is 2. The summed E-state index contributed by atoms with van der Waals surface area (Å²) in [6.07, 6.45) is 4.04. The van der Waals surface area contributed by atoms with E-state index >= 15 is 0 Å². The lowest BCUT2D eigenvalue weighted by Crippen LogP contribution is -2.57. The van der Waals surface area contributed by atoms with Gasteiger partial charge in [0.25, 0.3) is 0 Å². The molecule has 1 saturated heterocycles. The molecule has 0 radical (unpaired) electrons. The molecule has 0 aromatic carbocycles. The molecule has 3 nitrogen and oxygen atoms in total. The quantitative estimate of drug-likeness (QED) is 0.844. The third-order valence-corrected chi connectivity index (χ3v) is 5.94. The van der Waals surface area contributed by atoms with Crippen molar-refractivity contribution >= 4 is 0 Å². The van der Waals surface area contributed by atoms with Crippen LogP contribution in [0.15, 0.2) is 0 Å². The van der Waals surface area contributed by atoms with E-state index in [1.165, 1.54) is 38.9 Å². The monoisotopic (exact) mass is 281 g/mol. The summed E-state index contributed by atoms with van der Waals surface area (Å²) in [4.78, 5) is 5.23. The van der Waals surface area contributed by atoms with Crippen molar-refractivity contribution in [1.29, 1.82) is 0 Å². The van der Waals surface area contributed by atoms with Gasteiger partial charge in [-0.2, -0.15) is 0 Å². The Labute approximate surface area is 125 Å². The van der Waals surface area contributed by atoms with Gasteiger partial charge in [0.15, 0.2) is 0 Å². The first kappa shape index (κ1) is 16.3. The number of rotatable bonds is 2. The van der Waals surface area contributed by atoms with Crippen LogP contribution in [0.1, 0.15) is 47.0 Å². The van der Waals surface area contributed by atoms with Gasteiger partial charge < -0.3 is 10.6 Å². The molecule has 4 atom stereocenters. The van der Waals surface area contributed by atoms with Crippen LogP contribution in [-0.2, 0) is 0 Å². The van der Waals surface area contributed by atoms with Crippen LogP contribution in [0.3, 0.4) is 0 Å². The van der Waals surface area contributed by atoms with Crippen molar-refractivity contribution in [3.63, 3.8) is 0 Å². The number of likely N-dealkylation sites (N-methyl/N-ethyl adjacent to an activating group) is 1. The maximum absolute atomic E-state index is 6.08. The molecule has 0 amide bonds. The summed E-state index contributed by atoms with van der Waals surface area (Å²) in [5.41, 5.74) is 6.52. The minimum absolute atomic E-state index is 0.440. The van der Waals surface area contributed by atoms with Crippen LogP contribution in [0.25, 0.3) is 0 Å². The zero-order chi connectivity index (χ0) is 14.9. The lowest BCUT2D eigenvalue weighted by atomic mass is 9.67. The second-order valence-electron chi connectivity index (χ2n) is 8.26. The normalized spacial score (nSPS) is 38.1. The molecule has 118 valence electrons. The minimum Gasteiger partial charge on any atom is -0.330 e. The Morgan fingerprint density at radius 3 is 2.40 bits per heavy atom. The van der Waals surface area contributed by atoms with E-state index in [-0.39, 0.29) is 0 Å². The highest BCUT2D eigenvalue weighted by molar-refractivity contribution is 4.93. The van der Waals surface area contributed by atoms with Crippen LogP contribution in [0.2, 0.25) is 0 Å². The van der Waals surface area contributed by atoms with Gasteiger partial charge in [-0.1, -0.05) is 20.8 Å². The van der Waals surface area contributed by atoms with Crippen molar-refractivity contribution in [2.45, 2.75) is 59.0 Å². The Hall–Kier alpha value is -0.120. The molecule has 0 aromatic heterocycles. The lowest BCUT2D eigenvalue weighted by Gasteiger charge is -2.49. The van der Waals surface area contributed by atoms with Crippen molar-refractivity contribution < 1.29 is 0 Å². The minimum atomic E-state index is 0.440. The summed E-state index contributed by atoms with van der Waals surface area (Å²) >= 11 is 0. The Balaban J connectivity index is 2.05. The van der Waals surface area contributed by atoms with Gasteiger partial charge in [0.2, 0.25) is 0 Å². The standard InChI is InChI=1S/C17H35N3/c1-13-12-20(9-8-19(13)5)16-10-15(17(2,3)4)7-6-14(16)11-18/h13-16H,6-12,18H2,1-5H3. The first-order valence-corrected chi connectivity index (χ1v) is 8.47. The molecule has 3 heteroatoms. The zero-order valence-electron chi connectivity index (χ0n) is 14.2. The summed E-state index contributed by atoms with van der Waals surface area (Å²) in [5, 5.41) is 0. The Bertz CT molecular complexity index is 310. The summed E-state index contributed by atoms with van der Waals surface area (Å²) in [5.74, 6) is 1.56. The van der Waals surface area contributed by atoms with Crippen LogP contribution in [0, 0.1) is 17.3 Å². The number of nitrogens with two attached hydrogens (primary N) is 1. The number of piperazine rings is 1. The van der Waals surface area contributed by atoms with E-state index < -0.39 is 0 Å². The van der Waals surface area contributed by atoms with E-state index in [0.717, 1.165) is 12.5 Å². The first-order valence-electron chi connectivity index (χ1n) is 8.47. The Morgan fingerprint density at radius 2 is 1.85 bits per heavy atom. The maximum Gasteiger partial charge on any atom is 0.0192 e. The third-order valence-electron chi connectivity index (χ3n) is 5.94. The van der Waals surface area contributed by atoms with Gasteiger partial charge >= 0.3 is 0 Å². The van der Waals surface area contributed by atoms with E-state index in [2.05, 4.69) is 44.5 Å². The SMILES string of the molecule is CC1CN(C2CC(C(C)(C)C)CCC2CN)CCN1C. The van der Waals surface area contributed by atoms with E-state index in [0.29, 0.717) is 23.4 Å². The van der Waals surface area contributed by atoms with Crippen LogP contribution >= 0.6 is 0 Å². The Morgan fingerprint density at radius 1 is 1.15 bits per heavy atom. The van der Waals surface area contributed by atoms with E-state index in [4.69, 9.17) is 5.73 Å². The number of hydrogen-bond donors (Lipinski definition) is 1. The number of hydrogen-bond acceptors (Lipinski definition) is 3. The molecule has 20 heavy (non-hydrogen) atoms. The molecule has 0 spiro atoms. The zero-order valence-corrected chi connectivity index (χ0v) is 14.2. The third kappa shape index (κ3) is 3.55. The van der Waals surface area contributed by atoms with Gasteiger partial charge in [-0.15, -0.1) is 0 Å². The molecule has 2 aliphatic rings. The average molecular weight is 281 g/mol. The van der Waals surface area contributed by atoms with Crippen LogP contribution in [0.5, 0.6) is 0 Å². The van der Waals surface area contributed by atoms with Gasteiger partial charge in [0.1, 0.15) is 0 Å². The largest absolute Gasteiger partial charge is 0.330 e. The molecular formula is C17H35N3. The lowest BCUT2D eigenvalue weighted by molar-refractivity contribution is 0.00412. The first-order chi connectivity index (χ1) is 9.32. The van der Waals surface area contributed by atoms with Crippen molar-refractivity contribution in [2.24, 2.45) is 23.0 Å². The van der Waals surface area contributed by atoms with Gasteiger partial charge in [0, 0.05) is 31.7 Å². The highest BCUT2D eigenvalue weighted by atomic mass is 15.3. The fraction of sp³-hybridized carbons (Fsp3) is 1.00. The van der Waals surface area contributed by atoms with E-state index in [1.807, 2.05) is 0 Å².